The summed E-state index contributed by atoms with van der Waals surface area (Å²) in [5.41, 5.74) is 3.66. The SMILES string of the molecule is O=C1CCC(=O)N[C@@H](Cc2c[nH]c3ccccc23)C(=O)N[C@@H](Cc2ccccc2)C(=O)NC[C@@H](Cc2ccccc2)N1. The minimum absolute atomic E-state index is 0.0386. The van der Waals surface area contributed by atoms with Gasteiger partial charge < -0.3 is 26.3 Å². The van der Waals surface area contributed by atoms with E-state index in [1.165, 1.54) is 0 Å². The Kier molecular flexibility index (Phi) is 9.28. The monoisotopic (exact) mass is 565 g/mol. The first-order valence-electron chi connectivity index (χ1n) is 14.2. The van der Waals surface area contributed by atoms with E-state index in [2.05, 4.69) is 26.3 Å². The first kappa shape index (κ1) is 28.6. The molecule has 5 rings (SSSR count). The fourth-order valence-electron chi connectivity index (χ4n) is 5.27. The van der Waals surface area contributed by atoms with Gasteiger partial charge in [0, 0.05) is 49.3 Å². The minimum Gasteiger partial charge on any atom is -0.361 e. The molecule has 1 saturated heterocycles. The Bertz CT molecular complexity index is 1540. The number of amides is 4. The summed E-state index contributed by atoms with van der Waals surface area (Å²) in [5, 5.41) is 12.6. The Morgan fingerprint density at radius 1 is 0.595 bits per heavy atom. The number of aromatic nitrogens is 1. The van der Waals surface area contributed by atoms with E-state index >= 15 is 0 Å². The van der Waals surface area contributed by atoms with Crippen molar-refractivity contribution in [2.45, 2.75) is 50.2 Å². The molecule has 3 atom stereocenters. The Morgan fingerprint density at radius 3 is 1.90 bits per heavy atom. The summed E-state index contributed by atoms with van der Waals surface area (Å²) < 4.78 is 0. The Morgan fingerprint density at radius 2 is 1.19 bits per heavy atom. The molecule has 4 aromatic rings. The number of aromatic amines is 1. The van der Waals surface area contributed by atoms with Gasteiger partial charge in [-0.25, -0.2) is 0 Å². The lowest BCUT2D eigenvalue weighted by molar-refractivity contribution is -0.133. The van der Waals surface area contributed by atoms with Gasteiger partial charge in [-0.05, 0) is 29.2 Å². The zero-order chi connectivity index (χ0) is 29.3. The molecule has 1 fully saturated rings. The normalized spacial score (nSPS) is 20.6. The van der Waals surface area contributed by atoms with Crippen LogP contribution in [-0.4, -0.2) is 53.3 Å². The number of H-pyrrole nitrogens is 1. The molecule has 216 valence electrons. The highest BCUT2D eigenvalue weighted by Gasteiger charge is 2.29. The lowest BCUT2D eigenvalue weighted by Crippen LogP contribution is -2.56. The predicted octanol–water partition coefficient (Wildman–Crippen LogP) is 2.56. The smallest absolute Gasteiger partial charge is 0.243 e. The highest BCUT2D eigenvalue weighted by atomic mass is 16.2. The van der Waals surface area contributed by atoms with Gasteiger partial charge >= 0.3 is 0 Å². The summed E-state index contributed by atoms with van der Waals surface area (Å²) in [7, 11) is 0. The number of hydrogen-bond acceptors (Lipinski definition) is 4. The van der Waals surface area contributed by atoms with Crippen molar-refractivity contribution in [2.24, 2.45) is 0 Å². The van der Waals surface area contributed by atoms with Crippen molar-refractivity contribution in [1.29, 1.82) is 0 Å². The summed E-state index contributed by atoms with van der Waals surface area (Å²) in [6, 6.07) is 24.6. The molecule has 0 unspecified atom stereocenters. The third-order valence-corrected chi connectivity index (χ3v) is 7.46. The second kappa shape index (κ2) is 13.6. The van der Waals surface area contributed by atoms with E-state index in [9.17, 15) is 19.2 Å². The van der Waals surface area contributed by atoms with Crippen LogP contribution >= 0.6 is 0 Å². The number of carbonyl (C=O) groups excluding carboxylic acids is 4. The van der Waals surface area contributed by atoms with Gasteiger partial charge in [0.15, 0.2) is 0 Å². The van der Waals surface area contributed by atoms with E-state index in [0.29, 0.717) is 6.42 Å². The second-order valence-electron chi connectivity index (χ2n) is 10.6. The highest BCUT2D eigenvalue weighted by molar-refractivity contribution is 5.94. The van der Waals surface area contributed by atoms with Crippen molar-refractivity contribution in [3.8, 4) is 0 Å². The van der Waals surface area contributed by atoms with Gasteiger partial charge in [0.1, 0.15) is 12.1 Å². The quantitative estimate of drug-likeness (QED) is 0.246. The molecule has 0 radical (unpaired) electrons. The lowest BCUT2D eigenvalue weighted by Gasteiger charge is -2.26. The summed E-state index contributed by atoms with van der Waals surface area (Å²) in [6.07, 6.45) is 2.70. The molecule has 0 saturated carbocycles. The van der Waals surface area contributed by atoms with Crippen LogP contribution in [0.25, 0.3) is 10.9 Å². The van der Waals surface area contributed by atoms with Crippen molar-refractivity contribution in [2.75, 3.05) is 6.54 Å². The number of benzene rings is 3. The maximum absolute atomic E-state index is 13.7. The average Bonchev–Trinajstić information content (AvgIpc) is 3.41. The van der Waals surface area contributed by atoms with Crippen molar-refractivity contribution in [1.82, 2.24) is 26.3 Å². The maximum Gasteiger partial charge on any atom is 0.243 e. The standard InChI is InChI=1S/C33H35N5O4/c39-30-15-16-31(40)37-29(19-24-20-34-27-14-8-7-13-26(24)27)33(42)38-28(18-23-11-5-2-6-12-23)32(41)35-21-25(36-30)17-22-9-3-1-4-10-22/h1-14,20,25,28-29,34H,15-19,21H2,(H,35,41)(H,36,39)(H,37,40)(H,38,42)/t25-,28+,29+/m1/s1. The second-order valence-corrected chi connectivity index (χ2v) is 10.6. The van der Waals surface area contributed by atoms with E-state index in [1.54, 1.807) is 0 Å². The Labute approximate surface area is 244 Å². The molecule has 1 aromatic heterocycles. The molecule has 9 heteroatoms. The molecular weight excluding hydrogens is 530 g/mol. The molecule has 1 aliphatic heterocycles. The number of hydrogen-bond donors (Lipinski definition) is 5. The van der Waals surface area contributed by atoms with Crippen LogP contribution in [-0.2, 0) is 38.4 Å². The highest BCUT2D eigenvalue weighted by Crippen LogP contribution is 2.19. The first-order valence-corrected chi connectivity index (χ1v) is 14.2. The molecule has 5 N–H and O–H groups in total. The van der Waals surface area contributed by atoms with E-state index in [1.807, 2.05) is 91.1 Å². The number of carbonyl (C=O) groups is 4. The minimum atomic E-state index is -0.945. The van der Waals surface area contributed by atoms with E-state index in [0.717, 1.165) is 27.6 Å². The Balaban J connectivity index is 1.40. The molecule has 42 heavy (non-hydrogen) atoms. The van der Waals surface area contributed by atoms with Crippen LogP contribution in [0.5, 0.6) is 0 Å². The van der Waals surface area contributed by atoms with Crippen LogP contribution in [0.3, 0.4) is 0 Å². The van der Waals surface area contributed by atoms with Crippen molar-refractivity contribution in [3.63, 3.8) is 0 Å². The van der Waals surface area contributed by atoms with Crippen molar-refractivity contribution in [3.05, 3.63) is 108 Å². The number of fused-ring (bicyclic) bond motifs is 1. The first-order chi connectivity index (χ1) is 20.4. The summed E-state index contributed by atoms with van der Waals surface area (Å²) in [5.74, 6) is -1.54. The zero-order valence-electron chi connectivity index (χ0n) is 23.3. The van der Waals surface area contributed by atoms with Crippen molar-refractivity contribution >= 4 is 34.5 Å². The van der Waals surface area contributed by atoms with Gasteiger partial charge in [-0.1, -0.05) is 78.9 Å². The fourth-order valence-corrected chi connectivity index (χ4v) is 5.27. The van der Waals surface area contributed by atoms with Crippen LogP contribution in [0.4, 0.5) is 0 Å². The molecule has 2 heterocycles. The largest absolute Gasteiger partial charge is 0.361 e. The van der Waals surface area contributed by atoms with Crippen LogP contribution in [0.15, 0.2) is 91.1 Å². The summed E-state index contributed by atoms with van der Waals surface area (Å²) in [6.45, 7) is 0.172. The summed E-state index contributed by atoms with van der Waals surface area (Å²) >= 11 is 0. The maximum atomic E-state index is 13.7. The van der Waals surface area contributed by atoms with Gasteiger partial charge in [-0.15, -0.1) is 0 Å². The Hall–Kier alpha value is -4.92. The van der Waals surface area contributed by atoms with Gasteiger partial charge in [0.2, 0.25) is 23.6 Å². The molecule has 4 amide bonds. The zero-order valence-corrected chi connectivity index (χ0v) is 23.3. The lowest BCUT2D eigenvalue weighted by atomic mass is 10.0. The third kappa shape index (κ3) is 7.63. The van der Waals surface area contributed by atoms with Crippen LogP contribution < -0.4 is 21.3 Å². The van der Waals surface area contributed by atoms with Crippen LogP contribution in [0.2, 0.25) is 0 Å². The number of nitrogens with one attached hydrogen (secondary N) is 5. The van der Waals surface area contributed by atoms with E-state index in [-0.39, 0.29) is 44.0 Å². The van der Waals surface area contributed by atoms with E-state index < -0.39 is 29.9 Å². The third-order valence-electron chi connectivity index (χ3n) is 7.46. The van der Waals surface area contributed by atoms with Gasteiger partial charge in [-0.2, -0.15) is 0 Å². The molecule has 1 aliphatic rings. The molecule has 0 bridgehead atoms. The molecule has 9 nitrogen and oxygen atoms in total. The molecule has 0 aliphatic carbocycles. The van der Waals surface area contributed by atoms with Gasteiger partial charge in [-0.3, -0.25) is 19.2 Å². The molecule has 3 aromatic carbocycles. The van der Waals surface area contributed by atoms with Crippen molar-refractivity contribution < 1.29 is 19.2 Å². The van der Waals surface area contributed by atoms with E-state index in [4.69, 9.17) is 0 Å². The molecule has 0 spiro atoms. The average molecular weight is 566 g/mol. The summed E-state index contributed by atoms with van der Waals surface area (Å²) in [4.78, 5) is 56.3. The van der Waals surface area contributed by atoms with Gasteiger partial charge in [0.25, 0.3) is 0 Å². The molecular formula is C33H35N5O4. The van der Waals surface area contributed by atoms with Gasteiger partial charge in [0.05, 0.1) is 6.04 Å². The predicted molar refractivity (Wildman–Crippen MR) is 160 cm³/mol. The van der Waals surface area contributed by atoms with Crippen LogP contribution in [0.1, 0.15) is 29.5 Å². The fraction of sp³-hybridized carbons (Fsp3) is 0.273. The number of rotatable bonds is 6. The van der Waals surface area contributed by atoms with Crippen LogP contribution in [0, 0.1) is 0 Å². The topological polar surface area (TPSA) is 132 Å². The number of para-hydroxylation sites is 1.